The molecule has 2 atom stereocenters. The SMILES string of the molecule is CCCN1CC[C@H](c2c(OC)cc(OC)c3c(=O)cc(-c4ccccc4Cl)oc23)[C@@H](OS(C)(=O)=O)C1. The van der Waals surface area contributed by atoms with Gasteiger partial charge in [-0.05, 0) is 38.1 Å². The minimum Gasteiger partial charge on any atom is -0.496 e. The van der Waals surface area contributed by atoms with Gasteiger partial charge in [0, 0.05) is 35.7 Å². The number of likely N-dealkylation sites (tertiary alicyclic amines) is 1. The first kappa shape index (κ1) is 26.5. The average Bonchev–Trinajstić information content (AvgIpc) is 2.83. The number of methoxy groups -OCH3 is 2. The molecule has 8 nitrogen and oxygen atoms in total. The van der Waals surface area contributed by atoms with E-state index in [4.69, 9.17) is 29.7 Å². The minimum atomic E-state index is -3.76. The van der Waals surface area contributed by atoms with Crippen LogP contribution in [0.1, 0.15) is 31.2 Å². The Morgan fingerprint density at radius 1 is 1.14 bits per heavy atom. The molecule has 1 aliphatic rings. The van der Waals surface area contributed by atoms with Gasteiger partial charge in [0.15, 0.2) is 5.43 Å². The molecule has 0 radical (unpaired) electrons. The van der Waals surface area contributed by atoms with Crippen molar-refractivity contribution < 1.29 is 26.5 Å². The minimum absolute atomic E-state index is 0.248. The standard InChI is InChI=1S/C26H30ClNO7S/c1-5-11-28-12-10-17(23(15-28)35-36(4,30)31)24-21(32-2)14-22(33-3)25-19(29)13-20(34-26(24)25)16-8-6-7-9-18(16)27/h6-9,13-14,17,23H,5,10-12,15H2,1-4H3/t17-,23-/m0/s1. The van der Waals surface area contributed by atoms with Crippen molar-refractivity contribution in [3.05, 3.63) is 57.2 Å². The van der Waals surface area contributed by atoms with Gasteiger partial charge in [-0.3, -0.25) is 8.98 Å². The lowest BCUT2D eigenvalue weighted by Crippen LogP contribution is -2.45. The van der Waals surface area contributed by atoms with Crippen LogP contribution >= 0.6 is 11.6 Å². The monoisotopic (exact) mass is 535 g/mol. The number of hydrogen-bond acceptors (Lipinski definition) is 8. The summed E-state index contributed by atoms with van der Waals surface area (Å²) in [6, 6.07) is 10.1. The summed E-state index contributed by atoms with van der Waals surface area (Å²) >= 11 is 6.41. The van der Waals surface area contributed by atoms with Crippen LogP contribution in [0.3, 0.4) is 0 Å². The van der Waals surface area contributed by atoms with Crippen molar-refractivity contribution in [3.63, 3.8) is 0 Å². The highest BCUT2D eigenvalue weighted by molar-refractivity contribution is 7.86. The van der Waals surface area contributed by atoms with Crippen molar-refractivity contribution in [3.8, 4) is 22.8 Å². The number of benzene rings is 2. The number of hydrogen-bond donors (Lipinski definition) is 0. The molecule has 1 aliphatic heterocycles. The summed E-state index contributed by atoms with van der Waals surface area (Å²) in [6.07, 6.45) is 1.86. The van der Waals surface area contributed by atoms with E-state index in [1.165, 1.54) is 20.3 Å². The fraction of sp³-hybridized carbons (Fsp3) is 0.423. The molecule has 2 heterocycles. The molecule has 1 saturated heterocycles. The van der Waals surface area contributed by atoms with E-state index < -0.39 is 22.1 Å². The van der Waals surface area contributed by atoms with Crippen LogP contribution in [0, 0.1) is 0 Å². The number of nitrogens with zero attached hydrogens (tertiary/aromatic N) is 1. The highest BCUT2D eigenvalue weighted by Crippen LogP contribution is 2.44. The third-order valence-electron chi connectivity index (χ3n) is 6.40. The molecule has 0 N–H and O–H groups in total. The molecule has 0 spiro atoms. The molecular formula is C26H30ClNO7S. The van der Waals surface area contributed by atoms with Crippen LogP contribution in [0.4, 0.5) is 0 Å². The summed E-state index contributed by atoms with van der Waals surface area (Å²) in [6.45, 7) is 4.04. The summed E-state index contributed by atoms with van der Waals surface area (Å²) < 4.78 is 47.6. The number of piperidine rings is 1. The summed E-state index contributed by atoms with van der Waals surface area (Å²) in [5, 5.41) is 0.681. The molecule has 0 amide bonds. The molecular weight excluding hydrogens is 506 g/mol. The van der Waals surface area contributed by atoms with Crippen LogP contribution in [-0.4, -0.2) is 59.5 Å². The van der Waals surface area contributed by atoms with Crippen molar-refractivity contribution in [1.82, 2.24) is 4.90 Å². The number of halogens is 1. The van der Waals surface area contributed by atoms with Gasteiger partial charge in [0.05, 0.1) is 31.6 Å². The molecule has 0 unspecified atom stereocenters. The van der Waals surface area contributed by atoms with Gasteiger partial charge in [0.2, 0.25) is 0 Å². The summed E-state index contributed by atoms with van der Waals surface area (Å²) in [4.78, 5) is 15.6. The van der Waals surface area contributed by atoms with Gasteiger partial charge in [-0.2, -0.15) is 8.42 Å². The van der Waals surface area contributed by atoms with E-state index in [1.54, 1.807) is 30.3 Å². The van der Waals surface area contributed by atoms with E-state index in [0.717, 1.165) is 25.8 Å². The van der Waals surface area contributed by atoms with E-state index in [-0.39, 0.29) is 16.4 Å². The molecule has 36 heavy (non-hydrogen) atoms. The van der Waals surface area contributed by atoms with E-state index in [0.29, 0.717) is 46.4 Å². The second-order valence-electron chi connectivity index (χ2n) is 8.89. The molecule has 4 rings (SSSR count). The van der Waals surface area contributed by atoms with E-state index in [2.05, 4.69) is 11.8 Å². The molecule has 10 heteroatoms. The van der Waals surface area contributed by atoms with E-state index in [9.17, 15) is 13.2 Å². The maximum Gasteiger partial charge on any atom is 0.264 e. The Kier molecular flexibility index (Phi) is 7.94. The first-order valence-corrected chi connectivity index (χ1v) is 13.9. The van der Waals surface area contributed by atoms with Crippen LogP contribution in [0.2, 0.25) is 5.02 Å². The van der Waals surface area contributed by atoms with Crippen molar-refractivity contribution in [2.24, 2.45) is 0 Å². The predicted molar refractivity (Wildman–Crippen MR) is 140 cm³/mol. The fourth-order valence-electron chi connectivity index (χ4n) is 4.92. The molecule has 0 bridgehead atoms. The maximum absolute atomic E-state index is 13.4. The number of ether oxygens (including phenoxy) is 2. The van der Waals surface area contributed by atoms with Gasteiger partial charge < -0.3 is 18.8 Å². The van der Waals surface area contributed by atoms with Crippen molar-refractivity contribution in [2.75, 3.05) is 40.1 Å². The van der Waals surface area contributed by atoms with Gasteiger partial charge in [-0.15, -0.1) is 0 Å². The first-order valence-electron chi connectivity index (χ1n) is 11.7. The fourth-order valence-corrected chi connectivity index (χ4v) is 5.80. The molecule has 1 aromatic heterocycles. The Balaban J connectivity index is 1.99. The summed E-state index contributed by atoms with van der Waals surface area (Å²) in [7, 11) is -0.777. The van der Waals surface area contributed by atoms with Crippen LogP contribution in [0.25, 0.3) is 22.3 Å². The largest absolute Gasteiger partial charge is 0.496 e. The van der Waals surface area contributed by atoms with Gasteiger partial charge in [0.1, 0.15) is 28.2 Å². The average molecular weight is 536 g/mol. The van der Waals surface area contributed by atoms with Gasteiger partial charge in [0.25, 0.3) is 10.1 Å². The third kappa shape index (κ3) is 5.39. The van der Waals surface area contributed by atoms with E-state index in [1.807, 2.05) is 0 Å². The first-order chi connectivity index (χ1) is 17.2. The Bertz CT molecular complexity index is 1420. The normalized spacial score (nSPS) is 18.9. The topological polar surface area (TPSA) is 95.3 Å². The van der Waals surface area contributed by atoms with Gasteiger partial charge in [-0.25, -0.2) is 0 Å². The lowest BCUT2D eigenvalue weighted by molar-refractivity contribution is 0.0739. The summed E-state index contributed by atoms with van der Waals surface area (Å²) in [5.74, 6) is 0.600. The smallest absolute Gasteiger partial charge is 0.264 e. The van der Waals surface area contributed by atoms with Crippen LogP contribution in [-0.2, 0) is 14.3 Å². The quantitative estimate of drug-likeness (QED) is 0.384. The van der Waals surface area contributed by atoms with Crippen molar-refractivity contribution in [1.29, 1.82) is 0 Å². The third-order valence-corrected chi connectivity index (χ3v) is 7.32. The second kappa shape index (κ2) is 10.8. The van der Waals surface area contributed by atoms with Gasteiger partial charge in [-0.1, -0.05) is 30.7 Å². The van der Waals surface area contributed by atoms with Crippen LogP contribution in [0.5, 0.6) is 11.5 Å². The zero-order valence-corrected chi connectivity index (χ0v) is 22.3. The molecule has 3 aromatic rings. The van der Waals surface area contributed by atoms with Gasteiger partial charge >= 0.3 is 0 Å². The van der Waals surface area contributed by atoms with Crippen molar-refractivity contribution in [2.45, 2.75) is 31.8 Å². The lowest BCUT2D eigenvalue weighted by Gasteiger charge is -2.38. The maximum atomic E-state index is 13.4. The predicted octanol–water partition coefficient (Wildman–Crippen LogP) is 4.67. The Morgan fingerprint density at radius 2 is 1.86 bits per heavy atom. The molecule has 194 valence electrons. The van der Waals surface area contributed by atoms with Crippen molar-refractivity contribution >= 4 is 32.7 Å². The molecule has 0 saturated carbocycles. The number of fused-ring (bicyclic) bond motifs is 1. The summed E-state index contributed by atoms with van der Waals surface area (Å²) in [5.41, 5.74) is 1.09. The molecule has 2 aromatic carbocycles. The van der Waals surface area contributed by atoms with Crippen LogP contribution in [0.15, 0.2) is 45.6 Å². The number of rotatable bonds is 8. The second-order valence-corrected chi connectivity index (χ2v) is 10.9. The Morgan fingerprint density at radius 3 is 2.50 bits per heavy atom. The Labute approximate surface area is 215 Å². The van der Waals surface area contributed by atoms with E-state index >= 15 is 0 Å². The van der Waals surface area contributed by atoms with Crippen LogP contribution < -0.4 is 14.9 Å². The highest BCUT2D eigenvalue weighted by atomic mass is 35.5. The zero-order valence-electron chi connectivity index (χ0n) is 20.7. The Hall–Kier alpha value is -2.59. The lowest BCUT2D eigenvalue weighted by atomic mass is 9.85. The zero-order chi connectivity index (χ0) is 26.0. The highest BCUT2D eigenvalue weighted by Gasteiger charge is 2.37. The molecule has 1 fully saturated rings. The molecule has 0 aliphatic carbocycles.